The molecule has 0 aromatic heterocycles. The van der Waals surface area contributed by atoms with Gasteiger partial charge in [-0.15, -0.1) is 0 Å². The maximum atomic E-state index is 2.36. The molecule has 0 nitrogen and oxygen atoms in total. The van der Waals surface area contributed by atoms with E-state index in [9.17, 15) is 0 Å². The Hall–Kier alpha value is 1.32. The first-order chi connectivity index (χ1) is 1.73. The van der Waals surface area contributed by atoms with E-state index in [-0.39, 0.29) is 17.1 Å². The predicted octanol–water partition coefficient (Wildman–Crippen LogP) is 1.37. The smallest absolute Gasteiger partial charge is 0 e. The maximum Gasteiger partial charge on any atom is 0 e. The van der Waals surface area contributed by atoms with E-state index in [1.807, 2.05) is 0 Å². The van der Waals surface area contributed by atoms with Crippen molar-refractivity contribution in [3.8, 4) is 0 Å². The third kappa shape index (κ3) is 33.7. The van der Waals surface area contributed by atoms with Crippen molar-refractivity contribution in [2.24, 2.45) is 0 Å². The largest absolute Gasteiger partial charge is 0 e. The molecule has 0 N–H and O–H groups in total. The van der Waals surface area contributed by atoms with E-state index in [1.54, 1.807) is 0 Å². The summed E-state index contributed by atoms with van der Waals surface area (Å²) in [5.74, 6) is 0. The van der Waals surface area contributed by atoms with Crippen molar-refractivity contribution in [3.05, 3.63) is 0 Å². The van der Waals surface area contributed by atoms with Crippen molar-refractivity contribution >= 4 is 19.8 Å². The van der Waals surface area contributed by atoms with E-state index < -0.39 is 19.8 Å². The van der Waals surface area contributed by atoms with Gasteiger partial charge in [0.2, 0.25) is 0 Å². The second kappa shape index (κ2) is 5.32. The van der Waals surface area contributed by atoms with Crippen LogP contribution in [0.5, 0.6) is 0 Å². The molecule has 0 amide bonds. The zero-order chi connectivity index (χ0) is 3.58. The zero-order valence-corrected chi connectivity index (χ0v) is 7.60. The number of hydrogen-bond acceptors (Lipinski definition) is 0. The molecule has 0 aliphatic carbocycles. The van der Waals surface area contributed by atoms with E-state index >= 15 is 0 Å². The van der Waals surface area contributed by atoms with Crippen LogP contribution in [0.4, 0.5) is 0 Å². The fourth-order valence-electron chi connectivity index (χ4n) is 0. The molecule has 0 aliphatic rings. The van der Waals surface area contributed by atoms with Gasteiger partial charge >= 0.3 is 34.6 Å². The molecule has 2 radical (unpaired) electrons. The summed E-state index contributed by atoms with van der Waals surface area (Å²) in [7, 11) is 0. The van der Waals surface area contributed by atoms with Gasteiger partial charge in [-0.3, -0.25) is 0 Å². The third-order valence-electron chi connectivity index (χ3n) is 0. The second-order valence-electron chi connectivity index (χ2n) is 1.50. The van der Waals surface area contributed by atoms with Crippen LogP contribution in [0.15, 0.2) is 0 Å². The van der Waals surface area contributed by atoms with Gasteiger partial charge in [-0.05, 0) is 0 Å². The summed E-state index contributed by atoms with van der Waals surface area (Å²) in [6.07, 6.45) is 0. The summed E-state index contributed by atoms with van der Waals surface area (Å²) in [6.45, 7) is 0. The molecular weight excluding hydrogens is 218 g/mol. The fraction of sp³-hybridized carbons (Fsp3) is 1.00. The van der Waals surface area contributed by atoms with Crippen LogP contribution in [0, 0.1) is 0 Å². The Labute approximate surface area is 51.5 Å². The van der Waals surface area contributed by atoms with Crippen molar-refractivity contribution < 1.29 is 17.1 Å². The Kier molecular flexibility index (Phi) is 10.2. The van der Waals surface area contributed by atoms with Crippen LogP contribution < -0.4 is 0 Å². The van der Waals surface area contributed by atoms with Gasteiger partial charge in [-0.2, -0.15) is 0 Å². The molecule has 0 bridgehead atoms. The summed E-state index contributed by atoms with van der Waals surface area (Å²) in [6, 6.07) is 0. The Bertz CT molecular complexity index is 11.6. The molecule has 0 atom stereocenters. The van der Waals surface area contributed by atoms with E-state index in [1.165, 1.54) is 0 Å². The molecule has 0 saturated heterocycles. The second-order valence-corrected chi connectivity index (χ2v) is 10.1. The van der Waals surface area contributed by atoms with Gasteiger partial charge in [0.15, 0.2) is 0 Å². The summed E-state index contributed by atoms with van der Waals surface area (Å²) in [5.41, 5.74) is 0. The van der Waals surface area contributed by atoms with E-state index in [2.05, 4.69) is 14.8 Å². The van der Waals surface area contributed by atoms with Crippen LogP contribution >= 0.6 is 0 Å². The zero-order valence-electron chi connectivity index (χ0n) is 3.80. The van der Waals surface area contributed by atoms with Crippen molar-refractivity contribution in [1.29, 1.82) is 0 Å². The summed E-state index contributed by atoms with van der Waals surface area (Å²) < 4.78 is 0. The molecular formula is C3H9CuSn. The minimum Gasteiger partial charge on any atom is 0 e. The normalized spacial score (nSPS) is 7.20. The van der Waals surface area contributed by atoms with Gasteiger partial charge in [0.05, 0.1) is 0 Å². The average Bonchev–Trinajstić information content (AvgIpc) is 0.811. The van der Waals surface area contributed by atoms with Crippen LogP contribution in [-0.4, -0.2) is 19.8 Å². The molecule has 0 unspecified atom stereocenters. The van der Waals surface area contributed by atoms with Gasteiger partial charge < -0.3 is 0 Å². The number of rotatable bonds is 0. The monoisotopic (exact) mass is 228 g/mol. The Morgan fingerprint density at radius 2 is 1.00 bits per heavy atom. The van der Waals surface area contributed by atoms with Crippen LogP contribution in [-0.2, 0) is 17.1 Å². The molecule has 36 valence electrons. The maximum absolute atomic E-state index is 2.36. The molecule has 0 heterocycles. The molecule has 0 rings (SSSR count). The van der Waals surface area contributed by atoms with Crippen molar-refractivity contribution in [2.45, 2.75) is 14.8 Å². The van der Waals surface area contributed by atoms with E-state index in [4.69, 9.17) is 0 Å². The summed E-state index contributed by atoms with van der Waals surface area (Å²) in [4.78, 5) is 7.09. The van der Waals surface area contributed by atoms with Crippen molar-refractivity contribution in [2.75, 3.05) is 0 Å². The third-order valence-corrected chi connectivity index (χ3v) is 0. The molecule has 0 aliphatic heterocycles. The first kappa shape index (κ1) is 9.58. The summed E-state index contributed by atoms with van der Waals surface area (Å²) in [5, 5.41) is 0. The van der Waals surface area contributed by atoms with Gasteiger partial charge in [0.1, 0.15) is 0 Å². The van der Waals surface area contributed by atoms with Gasteiger partial charge in [-0.1, -0.05) is 0 Å². The van der Waals surface area contributed by atoms with E-state index in [0.717, 1.165) is 0 Å². The molecule has 0 aromatic rings. The van der Waals surface area contributed by atoms with Crippen LogP contribution in [0.1, 0.15) is 0 Å². The van der Waals surface area contributed by atoms with E-state index in [0.29, 0.717) is 0 Å². The molecule has 5 heavy (non-hydrogen) atoms. The minimum atomic E-state index is -0.543. The quantitative estimate of drug-likeness (QED) is 0.548. The fourth-order valence-corrected chi connectivity index (χ4v) is 0. The number of hydrogen-bond donors (Lipinski definition) is 0. The Balaban J connectivity index is 0. The van der Waals surface area contributed by atoms with Gasteiger partial charge in [0, 0.05) is 17.1 Å². The first-order valence-electron chi connectivity index (χ1n) is 1.50. The molecule has 0 aromatic carbocycles. The molecule has 0 saturated carbocycles. The first-order valence-corrected chi connectivity index (χ1v) is 10.1. The summed E-state index contributed by atoms with van der Waals surface area (Å²) >= 11 is -0.543. The van der Waals surface area contributed by atoms with Crippen molar-refractivity contribution in [3.63, 3.8) is 0 Å². The topological polar surface area (TPSA) is 0 Å². The molecule has 0 spiro atoms. The Morgan fingerprint density at radius 3 is 1.00 bits per heavy atom. The standard InChI is InChI=1S/3CH3.Cu.Sn/h3*1H3;;. The van der Waals surface area contributed by atoms with Crippen molar-refractivity contribution in [1.82, 2.24) is 0 Å². The predicted molar refractivity (Wildman–Crippen MR) is 23.3 cm³/mol. The molecule has 0 fully saturated rings. The minimum absolute atomic E-state index is 0. The molecule has 2 heteroatoms. The Morgan fingerprint density at radius 1 is 1.00 bits per heavy atom. The van der Waals surface area contributed by atoms with Crippen LogP contribution in [0.2, 0.25) is 14.8 Å². The van der Waals surface area contributed by atoms with Crippen LogP contribution in [0.3, 0.4) is 0 Å². The van der Waals surface area contributed by atoms with Crippen LogP contribution in [0.25, 0.3) is 0 Å². The average molecular weight is 227 g/mol. The van der Waals surface area contributed by atoms with Gasteiger partial charge in [-0.25, -0.2) is 0 Å². The SMILES string of the molecule is [CH3][Sn]([CH3])[CH3].[Cu]. The van der Waals surface area contributed by atoms with Gasteiger partial charge in [0.25, 0.3) is 0 Å².